The van der Waals surface area contributed by atoms with Gasteiger partial charge in [-0.1, -0.05) is 45.0 Å². The first-order chi connectivity index (χ1) is 16.3. The van der Waals surface area contributed by atoms with Crippen LogP contribution in [0, 0.1) is 5.41 Å². The molecule has 0 spiro atoms. The molecule has 1 aromatic heterocycles. The van der Waals surface area contributed by atoms with E-state index in [1.54, 1.807) is 19.2 Å². The number of nitrogens with zero attached hydrogens (tertiary/aromatic N) is 1. The third-order valence-corrected chi connectivity index (χ3v) is 5.14. The minimum Gasteiger partial charge on any atom is -0.497 e. The Morgan fingerprint density at radius 2 is 1.63 bits per heavy atom. The molecule has 1 amide bonds. The molecule has 0 fully saturated rings. The monoisotopic (exact) mass is 489 g/mol. The highest BCUT2D eigenvalue weighted by atomic mass is 19.4. The van der Waals surface area contributed by atoms with E-state index in [2.05, 4.69) is 20.0 Å². The van der Waals surface area contributed by atoms with Crippen molar-refractivity contribution < 1.29 is 27.4 Å². The van der Waals surface area contributed by atoms with Crippen molar-refractivity contribution in [2.45, 2.75) is 39.6 Å². The summed E-state index contributed by atoms with van der Waals surface area (Å²) < 4.78 is 46.5. The van der Waals surface area contributed by atoms with Gasteiger partial charge in [-0.3, -0.25) is 9.59 Å². The summed E-state index contributed by atoms with van der Waals surface area (Å²) in [6.07, 6.45) is -4.50. The van der Waals surface area contributed by atoms with Crippen LogP contribution in [-0.4, -0.2) is 29.3 Å². The van der Waals surface area contributed by atoms with Crippen LogP contribution in [0.15, 0.2) is 59.4 Å². The molecule has 0 aliphatic carbocycles. The maximum absolute atomic E-state index is 13.1. The highest BCUT2D eigenvalue weighted by Crippen LogP contribution is 2.34. The lowest BCUT2D eigenvalue weighted by molar-refractivity contribution is -0.274. The Bertz CT molecular complexity index is 1210. The highest BCUT2D eigenvalue weighted by Gasteiger charge is 2.32. The molecule has 3 aromatic rings. The molecule has 0 radical (unpaired) electrons. The van der Waals surface area contributed by atoms with Crippen molar-refractivity contribution >= 4 is 5.91 Å². The van der Waals surface area contributed by atoms with Crippen LogP contribution in [-0.2, 0) is 6.42 Å². The van der Waals surface area contributed by atoms with Gasteiger partial charge < -0.3 is 19.8 Å². The summed E-state index contributed by atoms with van der Waals surface area (Å²) in [4.78, 5) is 32.2. The standard InChI is InChI=1S/C25H26F3N3O4/c1-24(2,3)22(16-7-11-18(12-8-16)35-25(26,27)28)31-23(33)19-14-21(32)30-20(29-19)13-15-5-9-17(34-4)10-6-15/h5-12,14,22H,13H2,1-4H3,(H,31,33)(H,29,30,32)/t22-/m0/s1. The number of ether oxygens (including phenoxy) is 2. The molecule has 0 unspecified atom stereocenters. The lowest BCUT2D eigenvalue weighted by Gasteiger charge is -2.32. The number of amides is 1. The Hall–Kier alpha value is -3.82. The van der Waals surface area contributed by atoms with Crippen LogP contribution in [0.3, 0.4) is 0 Å². The van der Waals surface area contributed by atoms with Crippen molar-refractivity contribution in [1.29, 1.82) is 0 Å². The number of halogens is 3. The third kappa shape index (κ3) is 7.33. The number of aromatic amines is 1. The molecule has 0 saturated carbocycles. The summed E-state index contributed by atoms with van der Waals surface area (Å²) in [7, 11) is 1.56. The number of methoxy groups -OCH3 is 1. The minimum atomic E-state index is -4.80. The van der Waals surface area contributed by atoms with Crippen molar-refractivity contribution in [2.75, 3.05) is 7.11 Å². The number of alkyl halides is 3. The molecule has 1 heterocycles. The van der Waals surface area contributed by atoms with Crippen LogP contribution in [0.4, 0.5) is 13.2 Å². The number of rotatable bonds is 7. The van der Waals surface area contributed by atoms with E-state index in [9.17, 15) is 22.8 Å². The largest absolute Gasteiger partial charge is 0.573 e. The van der Waals surface area contributed by atoms with Crippen LogP contribution < -0.4 is 20.3 Å². The lowest BCUT2D eigenvalue weighted by Crippen LogP contribution is -2.37. The van der Waals surface area contributed by atoms with Crippen LogP contribution in [0.25, 0.3) is 0 Å². The average molecular weight is 489 g/mol. The number of hydrogen-bond donors (Lipinski definition) is 2. The fraction of sp³-hybridized carbons (Fsp3) is 0.320. The second-order valence-electron chi connectivity index (χ2n) is 8.99. The maximum Gasteiger partial charge on any atom is 0.573 e. The molecule has 0 aliphatic rings. The number of hydrogen-bond acceptors (Lipinski definition) is 5. The number of nitrogens with one attached hydrogen (secondary N) is 2. The van der Waals surface area contributed by atoms with E-state index in [1.165, 1.54) is 24.3 Å². The minimum absolute atomic E-state index is 0.0662. The lowest BCUT2D eigenvalue weighted by atomic mass is 9.82. The van der Waals surface area contributed by atoms with Gasteiger partial charge in [0.2, 0.25) is 0 Å². The Kier molecular flexibility index (Phi) is 7.52. The molecule has 3 rings (SSSR count). The number of aromatic nitrogens is 2. The molecule has 7 nitrogen and oxygen atoms in total. The van der Waals surface area contributed by atoms with Gasteiger partial charge in [-0.2, -0.15) is 0 Å². The van der Waals surface area contributed by atoms with Gasteiger partial charge >= 0.3 is 6.36 Å². The molecule has 0 aliphatic heterocycles. The highest BCUT2D eigenvalue weighted by molar-refractivity contribution is 5.92. The second-order valence-corrected chi connectivity index (χ2v) is 8.99. The van der Waals surface area contributed by atoms with Gasteiger partial charge in [0.15, 0.2) is 0 Å². The number of carbonyl (C=O) groups is 1. The topological polar surface area (TPSA) is 93.3 Å². The van der Waals surface area contributed by atoms with Gasteiger partial charge in [0, 0.05) is 12.5 Å². The van der Waals surface area contributed by atoms with Crippen molar-refractivity contribution in [1.82, 2.24) is 15.3 Å². The Morgan fingerprint density at radius 1 is 1.03 bits per heavy atom. The number of carbonyl (C=O) groups excluding carboxylic acids is 1. The fourth-order valence-corrected chi connectivity index (χ4v) is 3.51. The first kappa shape index (κ1) is 25.8. The van der Waals surface area contributed by atoms with Gasteiger partial charge in [0.1, 0.15) is 23.0 Å². The van der Waals surface area contributed by atoms with E-state index >= 15 is 0 Å². The van der Waals surface area contributed by atoms with Crippen molar-refractivity contribution in [3.8, 4) is 11.5 Å². The van der Waals surface area contributed by atoms with Crippen LogP contribution in [0.5, 0.6) is 11.5 Å². The molecule has 1 atom stereocenters. The van der Waals surface area contributed by atoms with Crippen LogP contribution in [0.2, 0.25) is 0 Å². The molecule has 0 bridgehead atoms. The summed E-state index contributed by atoms with van der Waals surface area (Å²) in [5.74, 6) is 0.0608. The Morgan fingerprint density at radius 3 is 2.17 bits per heavy atom. The number of benzene rings is 2. The first-order valence-electron chi connectivity index (χ1n) is 10.7. The predicted octanol–water partition coefficient (Wildman–Crippen LogP) is 4.79. The van der Waals surface area contributed by atoms with E-state index in [0.717, 1.165) is 11.6 Å². The molecule has 35 heavy (non-hydrogen) atoms. The molecule has 10 heteroatoms. The van der Waals surface area contributed by atoms with E-state index in [0.29, 0.717) is 23.6 Å². The third-order valence-electron chi connectivity index (χ3n) is 5.14. The van der Waals surface area contributed by atoms with Crippen molar-refractivity contribution in [3.63, 3.8) is 0 Å². The Labute approximate surface area is 200 Å². The predicted molar refractivity (Wildman–Crippen MR) is 123 cm³/mol. The maximum atomic E-state index is 13.1. The van der Waals surface area contributed by atoms with Crippen molar-refractivity contribution in [3.05, 3.63) is 87.6 Å². The van der Waals surface area contributed by atoms with Crippen LogP contribution >= 0.6 is 0 Å². The van der Waals surface area contributed by atoms with Crippen LogP contribution in [0.1, 0.15) is 54.3 Å². The Balaban J connectivity index is 1.81. The van der Waals surface area contributed by atoms with Gasteiger partial charge in [-0.25, -0.2) is 4.98 Å². The zero-order valence-corrected chi connectivity index (χ0v) is 19.7. The fourth-order valence-electron chi connectivity index (χ4n) is 3.51. The van der Waals surface area contributed by atoms with Crippen molar-refractivity contribution in [2.24, 2.45) is 5.41 Å². The van der Waals surface area contributed by atoms with E-state index in [1.807, 2.05) is 32.9 Å². The molecular weight excluding hydrogens is 463 g/mol. The zero-order valence-electron chi connectivity index (χ0n) is 19.7. The van der Waals surface area contributed by atoms with E-state index in [4.69, 9.17) is 4.74 Å². The molecule has 2 aromatic carbocycles. The first-order valence-corrected chi connectivity index (χ1v) is 10.7. The van der Waals surface area contributed by atoms with E-state index < -0.39 is 29.3 Å². The van der Waals surface area contributed by atoms with Gasteiger partial charge in [0.05, 0.1) is 13.2 Å². The quantitative estimate of drug-likeness (QED) is 0.498. The second kappa shape index (κ2) is 10.2. The number of H-pyrrole nitrogens is 1. The smallest absolute Gasteiger partial charge is 0.497 e. The summed E-state index contributed by atoms with van der Waals surface area (Å²) in [6.45, 7) is 5.62. The summed E-state index contributed by atoms with van der Waals surface area (Å²) in [5, 5.41) is 2.86. The average Bonchev–Trinajstić information content (AvgIpc) is 2.76. The normalized spacial score (nSPS) is 12.7. The summed E-state index contributed by atoms with van der Waals surface area (Å²) in [5.41, 5.74) is 0.386. The van der Waals surface area contributed by atoms with Gasteiger partial charge in [-0.15, -0.1) is 13.2 Å². The van der Waals surface area contributed by atoms with Gasteiger partial charge in [-0.05, 0) is 40.8 Å². The SMILES string of the molecule is COc1ccc(Cc2nc(C(=O)N[C@@H](c3ccc(OC(F)(F)F)cc3)C(C)(C)C)cc(=O)[nH]2)cc1. The zero-order chi connectivity index (χ0) is 25.8. The van der Waals surface area contributed by atoms with Gasteiger partial charge in [0.25, 0.3) is 11.5 Å². The summed E-state index contributed by atoms with van der Waals surface area (Å²) in [6, 6.07) is 13.0. The molecule has 186 valence electrons. The summed E-state index contributed by atoms with van der Waals surface area (Å²) >= 11 is 0. The van der Waals surface area contributed by atoms with E-state index in [-0.39, 0.29) is 11.4 Å². The molecule has 2 N–H and O–H groups in total. The molecule has 0 saturated heterocycles. The molecular formula is C25H26F3N3O4.